The summed E-state index contributed by atoms with van der Waals surface area (Å²) >= 11 is 5.78. The summed E-state index contributed by atoms with van der Waals surface area (Å²) in [5, 5.41) is 16.2. The Bertz CT molecular complexity index is 559. The number of fused-ring (bicyclic) bond motifs is 1. The van der Waals surface area contributed by atoms with E-state index >= 15 is 0 Å². The normalized spacial score (nSPS) is 24.3. The number of halogens is 1. The van der Waals surface area contributed by atoms with Crippen molar-refractivity contribution in [3.8, 4) is 0 Å². The molecule has 0 radical (unpaired) electrons. The van der Waals surface area contributed by atoms with Crippen molar-refractivity contribution in [2.45, 2.75) is 18.6 Å². The average molecular weight is 269 g/mol. The van der Waals surface area contributed by atoms with Crippen LogP contribution < -0.4 is 10.6 Å². The maximum absolute atomic E-state index is 9.55. The van der Waals surface area contributed by atoms with Gasteiger partial charge in [-0.25, -0.2) is 4.98 Å². The third-order valence-corrected chi connectivity index (χ3v) is 3.08. The Hall–Kier alpha value is -1.37. The van der Waals surface area contributed by atoms with E-state index in [0.717, 1.165) is 6.54 Å². The zero-order chi connectivity index (χ0) is 12.5. The molecule has 2 aromatic rings. The highest BCUT2D eigenvalue weighted by atomic mass is 35.5. The number of hydrogen-bond acceptors (Lipinski definition) is 6. The first-order valence-corrected chi connectivity index (χ1v) is 6.17. The zero-order valence-corrected chi connectivity index (χ0v) is 10.3. The van der Waals surface area contributed by atoms with Crippen LogP contribution in [-0.2, 0) is 0 Å². The lowest BCUT2D eigenvalue weighted by Crippen LogP contribution is -2.45. The molecule has 7 heteroatoms. The van der Waals surface area contributed by atoms with E-state index in [1.54, 1.807) is 12.1 Å². The Kier molecular flexibility index (Phi) is 3.07. The standard InChI is InChI=1S/C11H13ClN4O2/c12-9-2-1-8-10(15-9)16-11(18-8)14-6-3-7(17)5-13-4-6/h1-2,6-7,13,17H,3-5H2,(H,14,15,16)/t6?,7-/m1/s1. The number of β-amino-alcohol motifs (C(OH)–C–C–N with tert-alkyl or cyclic N) is 1. The van der Waals surface area contributed by atoms with Gasteiger partial charge in [0.25, 0.3) is 6.01 Å². The van der Waals surface area contributed by atoms with E-state index in [4.69, 9.17) is 16.0 Å². The predicted molar refractivity (Wildman–Crippen MR) is 67.7 cm³/mol. The number of pyridine rings is 1. The van der Waals surface area contributed by atoms with Crippen molar-refractivity contribution < 1.29 is 9.52 Å². The maximum atomic E-state index is 9.55. The second-order valence-corrected chi connectivity index (χ2v) is 4.75. The molecule has 0 aromatic carbocycles. The lowest BCUT2D eigenvalue weighted by molar-refractivity contribution is 0.136. The van der Waals surface area contributed by atoms with Gasteiger partial charge in [0.05, 0.1) is 6.10 Å². The summed E-state index contributed by atoms with van der Waals surface area (Å²) in [5.41, 5.74) is 1.07. The molecule has 3 N–H and O–H groups in total. The van der Waals surface area contributed by atoms with Crippen molar-refractivity contribution in [1.82, 2.24) is 15.3 Å². The van der Waals surface area contributed by atoms with Crippen LogP contribution >= 0.6 is 11.6 Å². The van der Waals surface area contributed by atoms with Gasteiger partial charge in [0, 0.05) is 19.1 Å². The molecule has 0 bridgehead atoms. The summed E-state index contributed by atoms with van der Waals surface area (Å²) < 4.78 is 5.51. The third kappa shape index (κ3) is 2.40. The van der Waals surface area contributed by atoms with Gasteiger partial charge >= 0.3 is 0 Å². The summed E-state index contributed by atoms with van der Waals surface area (Å²) in [6.45, 7) is 1.40. The third-order valence-electron chi connectivity index (χ3n) is 2.87. The molecule has 0 aliphatic carbocycles. The van der Waals surface area contributed by atoms with Gasteiger partial charge in [0.15, 0.2) is 5.58 Å². The first-order chi connectivity index (χ1) is 8.70. The van der Waals surface area contributed by atoms with E-state index in [0.29, 0.717) is 35.4 Å². The van der Waals surface area contributed by atoms with Gasteiger partial charge < -0.3 is 20.2 Å². The van der Waals surface area contributed by atoms with Gasteiger partial charge in [0.1, 0.15) is 5.15 Å². The second-order valence-electron chi connectivity index (χ2n) is 4.36. The smallest absolute Gasteiger partial charge is 0.297 e. The number of aliphatic hydroxyl groups is 1. The molecule has 1 saturated heterocycles. The van der Waals surface area contributed by atoms with Crippen LogP contribution in [0.5, 0.6) is 0 Å². The van der Waals surface area contributed by atoms with Crippen LogP contribution in [0.25, 0.3) is 11.2 Å². The highest BCUT2D eigenvalue weighted by Gasteiger charge is 2.21. The molecule has 1 unspecified atom stereocenters. The maximum Gasteiger partial charge on any atom is 0.297 e. The number of oxazole rings is 1. The van der Waals surface area contributed by atoms with Crippen molar-refractivity contribution in [2.24, 2.45) is 0 Å². The average Bonchev–Trinajstić information content (AvgIpc) is 2.70. The number of aromatic nitrogens is 2. The second kappa shape index (κ2) is 4.72. The van der Waals surface area contributed by atoms with E-state index < -0.39 is 0 Å². The molecule has 1 fully saturated rings. The molecule has 3 rings (SSSR count). The van der Waals surface area contributed by atoms with Gasteiger partial charge in [0.2, 0.25) is 5.65 Å². The van der Waals surface area contributed by atoms with Crippen molar-refractivity contribution in [3.05, 3.63) is 17.3 Å². The SMILES string of the molecule is O[C@H]1CNCC(Nc2nc3nc(Cl)ccc3o2)C1. The van der Waals surface area contributed by atoms with Gasteiger partial charge in [-0.3, -0.25) is 0 Å². The molecule has 2 aromatic heterocycles. The van der Waals surface area contributed by atoms with Crippen molar-refractivity contribution in [3.63, 3.8) is 0 Å². The van der Waals surface area contributed by atoms with Crippen LogP contribution in [0.2, 0.25) is 5.15 Å². The minimum Gasteiger partial charge on any atom is -0.422 e. The highest BCUT2D eigenvalue weighted by molar-refractivity contribution is 6.29. The highest BCUT2D eigenvalue weighted by Crippen LogP contribution is 2.20. The van der Waals surface area contributed by atoms with Crippen molar-refractivity contribution in [1.29, 1.82) is 0 Å². The Labute approximate surface area is 108 Å². The van der Waals surface area contributed by atoms with E-state index in [1.807, 2.05) is 0 Å². The fraction of sp³-hybridized carbons (Fsp3) is 0.455. The number of anilines is 1. The van der Waals surface area contributed by atoms with Crippen LogP contribution in [0.4, 0.5) is 6.01 Å². The van der Waals surface area contributed by atoms with Crippen LogP contribution in [0.15, 0.2) is 16.5 Å². The molecule has 6 nitrogen and oxygen atoms in total. The molecule has 3 heterocycles. The summed E-state index contributed by atoms with van der Waals surface area (Å²) in [7, 11) is 0. The van der Waals surface area contributed by atoms with E-state index in [2.05, 4.69) is 20.6 Å². The molecule has 1 aliphatic rings. The number of nitrogens with one attached hydrogen (secondary N) is 2. The molecule has 0 saturated carbocycles. The number of hydrogen-bond donors (Lipinski definition) is 3. The summed E-state index contributed by atoms with van der Waals surface area (Å²) in [6.07, 6.45) is 0.327. The van der Waals surface area contributed by atoms with Crippen LogP contribution in [0, 0.1) is 0 Å². The molecule has 18 heavy (non-hydrogen) atoms. The van der Waals surface area contributed by atoms with Gasteiger partial charge in [-0.05, 0) is 18.6 Å². The molecular weight excluding hydrogens is 256 g/mol. The number of nitrogens with zero attached hydrogens (tertiary/aromatic N) is 2. The Morgan fingerprint density at radius 1 is 1.39 bits per heavy atom. The zero-order valence-electron chi connectivity index (χ0n) is 9.56. The topological polar surface area (TPSA) is 83.2 Å². The van der Waals surface area contributed by atoms with E-state index in [1.165, 1.54) is 0 Å². The van der Waals surface area contributed by atoms with Crippen LogP contribution in [-0.4, -0.2) is 40.3 Å². The minimum atomic E-state index is -0.340. The van der Waals surface area contributed by atoms with Gasteiger partial charge in [-0.2, -0.15) is 4.98 Å². The lowest BCUT2D eigenvalue weighted by Gasteiger charge is -2.26. The lowest BCUT2D eigenvalue weighted by atomic mass is 10.1. The fourth-order valence-corrected chi connectivity index (χ4v) is 2.20. The molecule has 2 atom stereocenters. The minimum absolute atomic E-state index is 0.0947. The molecule has 0 amide bonds. The van der Waals surface area contributed by atoms with Gasteiger partial charge in [-0.1, -0.05) is 11.6 Å². The summed E-state index contributed by atoms with van der Waals surface area (Å²) in [5.74, 6) is 0. The first-order valence-electron chi connectivity index (χ1n) is 5.79. The van der Waals surface area contributed by atoms with Crippen LogP contribution in [0.1, 0.15) is 6.42 Å². The molecular formula is C11H13ClN4O2. The van der Waals surface area contributed by atoms with Crippen molar-refractivity contribution >= 4 is 28.8 Å². The number of piperidine rings is 1. The van der Waals surface area contributed by atoms with E-state index in [9.17, 15) is 5.11 Å². The Morgan fingerprint density at radius 2 is 2.28 bits per heavy atom. The summed E-state index contributed by atoms with van der Waals surface area (Å²) in [6, 6.07) is 3.89. The Balaban J connectivity index is 1.78. The largest absolute Gasteiger partial charge is 0.422 e. The first kappa shape index (κ1) is 11.7. The van der Waals surface area contributed by atoms with E-state index in [-0.39, 0.29) is 12.1 Å². The fourth-order valence-electron chi connectivity index (χ4n) is 2.06. The quantitative estimate of drug-likeness (QED) is 0.705. The molecule has 0 spiro atoms. The van der Waals surface area contributed by atoms with Crippen molar-refractivity contribution in [2.75, 3.05) is 18.4 Å². The van der Waals surface area contributed by atoms with Crippen LogP contribution in [0.3, 0.4) is 0 Å². The number of rotatable bonds is 2. The predicted octanol–water partition coefficient (Wildman–Crippen LogP) is 1.01. The van der Waals surface area contributed by atoms with Gasteiger partial charge in [-0.15, -0.1) is 0 Å². The Morgan fingerprint density at radius 3 is 3.11 bits per heavy atom. The molecule has 96 valence electrons. The number of aliphatic hydroxyl groups excluding tert-OH is 1. The monoisotopic (exact) mass is 268 g/mol. The molecule has 1 aliphatic heterocycles. The summed E-state index contributed by atoms with van der Waals surface area (Å²) in [4.78, 5) is 8.27.